The average Bonchev–Trinajstić information content (AvgIpc) is 2.53. The second kappa shape index (κ2) is 8.39. The molecule has 2 aromatic rings. The van der Waals surface area contributed by atoms with E-state index in [4.69, 9.17) is 9.47 Å². The Balaban J connectivity index is 1.80. The van der Waals surface area contributed by atoms with Crippen LogP contribution in [-0.2, 0) is 4.79 Å². The quantitative estimate of drug-likeness (QED) is 0.728. The lowest BCUT2D eigenvalue weighted by Crippen LogP contribution is -2.20. The van der Waals surface area contributed by atoms with Crippen molar-refractivity contribution in [1.29, 1.82) is 0 Å². The van der Waals surface area contributed by atoms with Crippen LogP contribution in [0.4, 0.5) is 5.69 Å². The standard InChI is InChI=1S/C18H18BrNO3/c1-13(2)11-22-17-9-5-15(6-10-17)20-18(21)12-23-16-7-3-14(19)4-8-16/h3-10H,1,11-12H2,2H3,(H,20,21). The Morgan fingerprint density at radius 3 is 2.09 bits per heavy atom. The van der Waals surface area contributed by atoms with Gasteiger partial charge in [0.05, 0.1) is 0 Å². The molecule has 0 radical (unpaired) electrons. The van der Waals surface area contributed by atoms with Gasteiger partial charge in [0.2, 0.25) is 0 Å². The molecule has 5 heteroatoms. The van der Waals surface area contributed by atoms with Gasteiger partial charge >= 0.3 is 0 Å². The van der Waals surface area contributed by atoms with E-state index in [0.29, 0.717) is 18.0 Å². The van der Waals surface area contributed by atoms with E-state index in [9.17, 15) is 4.79 Å². The molecule has 2 aromatic carbocycles. The SMILES string of the molecule is C=C(C)COc1ccc(NC(=O)COc2ccc(Br)cc2)cc1. The van der Waals surface area contributed by atoms with Crippen molar-refractivity contribution < 1.29 is 14.3 Å². The van der Waals surface area contributed by atoms with Crippen molar-refractivity contribution in [2.75, 3.05) is 18.5 Å². The van der Waals surface area contributed by atoms with Gasteiger partial charge in [-0.15, -0.1) is 0 Å². The van der Waals surface area contributed by atoms with Gasteiger partial charge in [0.15, 0.2) is 6.61 Å². The Hall–Kier alpha value is -2.27. The van der Waals surface area contributed by atoms with Crippen LogP contribution in [0.1, 0.15) is 6.92 Å². The Bertz CT molecular complexity index is 666. The molecule has 0 atom stereocenters. The molecule has 4 nitrogen and oxygen atoms in total. The van der Waals surface area contributed by atoms with E-state index < -0.39 is 0 Å². The van der Waals surface area contributed by atoms with Crippen molar-refractivity contribution >= 4 is 27.5 Å². The molecular weight excluding hydrogens is 358 g/mol. The third-order valence-electron chi connectivity index (χ3n) is 2.81. The van der Waals surface area contributed by atoms with Crippen LogP contribution >= 0.6 is 15.9 Å². The van der Waals surface area contributed by atoms with Gasteiger partial charge in [-0.3, -0.25) is 4.79 Å². The number of anilines is 1. The third-order valence-corrected chi connectivity index (χ3v) is 3.34. The molecular formula is C18H18BrNO3. The molecule has 0 saturated heterocycles. The van der Waals surface area contributed by atoms with E-state index in [0.717, 1.165) is 15.8 Å². The Labute approximate surface area is 144 Å². The first-order chi connectivity index (χ1) is 11.0. The van der Waals surface area contributed by atoms with Crippen LogP contribution in [0.5, 0.6) is 11.5 Å². The van der Waals surface area contributed by atoms with Crippen LogP contribution in [0.3, 0.4) is 0 Å². The molecule has 120 valence electrons. The maximum atomic E-state index is 11.9. The van der Waals surface area contributed by atoms with Gasteiger partial charge in [-0.25, -0.2) is 0 Å². The monoisotopic (exact) mass is 375 g/mol. The topological polar surface area (TPSA) is 47.6 Å². The van der Waals surface area contributed by atoms with Crippen molar-refractivity contribution in [2.24, 2.45) is 0 Å². The van der Waals surface area contributed by atoms with Gasteiger partial charge in [-0.2, -0.15) is 0 Å². The van der Waals surface area contributed by atoms with Crippen LogP contribution in [-0.4, -0.2) is 19.1 Å². The zero-order valence-corrected chi connectivity index (χ0v) is 14.4. The van der Waals surface area contributed by atoms with E-state index >= 15 is 0 Å². The van der Waals surface area contributed by atoms with Crippen molar-refractivity contribution in [3.05, 3.63) is 65.2 Å². The fourth-order valence-corrected chi connectivity index (χ4v) is 1.98. The molecule has 1 N–H and O–H groups in total. The summed E-state index contributed by atoms with van der Waals surface area (Å²) in [5, 5.41) is 2.77. The highest BCUT2D eigenvalue weighted by atomic mass is 79.9. The molecule has 0 heterocycles. The van der Waals surface area contributed by atoms with E-state index in [-0.39, 0.29) is 12.5 Å². The molecule has 23 heavy (non-hydrogen) atoms. The normalized spacial score (nSPS) is 10.0. The van der Waals surface area contributed by atoms with Gasteiger partial charge in [0.1, 0.15) is 18.1 Å². The number of benzene rings is 2. The number of carbonyl (C=O) groups excluding carboxylic acids is 1. The Morgan fingerprint density at radius 2 is 1.52 bits per heavy atom. The lowest BCUT2D eigenvalue weighted by Gasteiger charge is -2.09. The van der Waals surface area contributed by atoms with Gasteiger partial charge in [-0.05, 0) is 61.0 Å². The molecule has 0 aliphatic carbocycles. The zero-order valence-electron chi connectivity index (χ0n) is 12.8. The number of nitrogens with one attached hydrogen (secondary N) is 1. The van der Waals surface area contributed by atoms with Crippen molar-refractivity contribution in [3.8, 4) is 11.5 Å². The Morgan fingerprint density at radius 1 is 1.00 bits per heavy atom. The fraction of sp³-hybridized carbons (Fsp3) is 0.167. The molecule has 0 aliphatic heterocycles. The predicted octanol–water partition coefficient (Wildman–Crippen LogP) is 4.42. The highest BCUT2D eigenvalue weighted by Crippen LogP contribution is 2.17. The molecule has 0 saturated carbocycles. The first-order valence-electron chi connectivity index (χ1n) is 7.08. The van der Waals surface area contributed by atoms with Crippen molar-refractivity contribution in [1.82, 2.24) is 0 Å². The first kappa shape index (κ1) is 17.1. The van der Waals surface area contributed by atoms with Crippen LogP contribution in [0, 0.1) is 0 Å². The minimum Gasteiger partial charge on any atom is -0.489 e. The highest BCUT2D eigenvalue weighted by Gasteiger charge is 2.04. The number of rotatable bonds is 7. The molecule has 0 aliphatic rings. The average molecular weight is 376 g/mol. The van der Waals surface area contributed by atoms with Crippen molar-refractivity contribution in [2.45, 2.75) is 6.92 Å². The number of hydrogen-bond acceptors (Lipinski definition) is 3. The van der Waals surface area contributed by atoms with E-state index in [1.807, 2.05) is 19.1 Å². The summed E-state index contributed by atoms with van der Waals surface area (Å²) < 4.78 is 11.9. The Kier molecular flexibility index (Phi) is 6.23. The fourth-order valence-electron chi connectivity index (χ4n) is 1.72. The molecule has 0 bridgehead atoms. The van der Waals surface area contributed by atoms with Gasteiger partial charge < -0.3 is 14.8 Å². The summed E-state index contributed by atoms with van der Waals surface area (Å²) in [4.78, 5) is 11.9. The summed E-state index contributed by atoms with van der Waals surface area (Å²) in [5.74, 6) is 1.16. The maximum Gasteiger partial charge on any atom is 0.262 e. The van der Waals surface area contributed by atoms with Gasteiger partial charge in [0.25, 0.3) is 5.91 Å². The second-order valence-corrected chi connectivity index (χ2v) is 5.98. The molecule has 1 amide bonds. The highest BCUT2D eigenvalue weighted by molar-refractivity contribution is 9.10. The third kappa shape index (κ3) is 6.16. The molecule has 0 spiro atoms. The molecule has 0 fully saturated rings. The molecule has 2 rings (SSSR count). The largest absolute Gasteiger partial charge is 0.489 e. The van der Waals surface area contributed by atoms with Crippen LogP contribution < -0.4 is 14.8 Å². The van der Waals surface area contributed by atoms with E-state index in [2.05, 4.69) is 27.8 Å². The summed E-state index contributed by atoms with van der Waals surface area (Å²) in [6.07, 6.45) is 0. The lowest BCUT2D eigenvalue weighted by atomic mass is 10.3. The van der Waals surface area contributed by atoms with Gasteiger partial charge in [-0.1, -0.05) is 22.5 Å². The van der Waals surface area contributed by atoms with Crippen LogP contribution in [0.15, 0.2) is 65.2 Å². The smallest absolute Gasteiger partial charge is 0.262 e. The molecule has 0 unspecified atom stereocenters. The summed E-state index contributed by atoms with van der Waals surface area (Å²) in [5.41, 5.74) is 1.64. The van der Waals surface area contributed by atoms with Crippen LogP contribution in [0.2, 0.25) is 0 Å². The summed E-state index contributed by atoms with van der Waals surface area (Å²) in [6, 6.07) is 14.5. The first-order valence-corrected chi connectivity index (χ1v) is 7.88. The van der Waals surface area contributed by atoms with Crippen molar-refractivity contribution in [3.63, 3.8) is 0 Å². The van der Waals surface area contributed by atoms with E-state index in [1.54, 1.807) is 36.4 Å². The lowest BCUT2D eigenvalue weighted by molar-refractivity contribution is -0.118. The number of amides is 1. The minimum atomic E-state index is -0.219. The number of carbonyl (C=O) groups is 1. The van der Waals surface area contributed by atoms with E-state index in [1.165, 1.54) is 0 Å². The maximum absolute atomic E-state index is 11.9. The summed E-state index contributed by atoms with van der Waals surface area (Å²) >= 11 is 3.34. The number of hydrogen-bond donors (Lipinski definition) is 1. The molecule has 0 aromatic heterocycles. The second-order valence-electron chi connectivity index (χ2n) is 5.06. The summed E-state index contributed by atoms with van der Waals surface area (Å²) in [7, 11) is 0. The van der Waals surface area contributed by atoms with Gasteiger partial charge in [0, 0.05) is 10.2 Å². The predicted molar refractivity (Wildman–Crippen MR) is 95.0 cm³/mol. The summed E-state index contributed by atoms with van der Waals surface area (Å²) in [6.45, 7) is 6.11. The minimum absolute atomic E-state index is 0.0461. The van der Waals surface area contributed by atoms with Crippen LogP contribution in [0.25, 0.3) is 0 Å². The number of halogens is 1. The number of ether oxygens (including phenoxy) is 2. The zero-order chi connectivity index (χ0) is 16.7.